The van der Waals surface area contributed by atoms with E-state index >= 15 is 0 Å². The summed E-state index contributed by atoms with van der Waals surface area (Å²) in [4.78, 5) is 31.8. The number of pyridine rings is 1. The summed E-state index contributed by atoms with van der Waals surface area (Å²) in [6, 6.07) is 8.03. The second-order valence-electron chi connectivity index (χ2n) is 8.63. The Labute approximate surface area is 197 Å². The summed E-state index contributed by atoms with van der Waals surface area (Å²) in [5, 5.41) is 2.90. The first-order chi connectivity index (χ1) is 16.4. The summed E-state index contributed by atoms with van der Waals surface area (Å²) in [5.74, 6) is -0.119. The lowest BCUT2D eigenvalue weighted by atomic mass is 10.3. The fourth-order valence-electron chi connectivity index (χ4n) is 4.60. The van der Waals surface area contributed by atoms with E-state index in [1.807, 2.05) is 6.07 Å². The lowest BCUT2D eigenvalue weighted by molar-refractivity contribution is -0.116. The molecule has 2 fully saturated rings. The molecule has 0 radical (unpaired) electrons. The molecule has 2 saturated heterocycles. The topological polar surface area (TPSA) is 118 Å². The van der Waals surface area contributed by atoms with Crippen LogP contribution in [0, 0.1) is 0 Å². The van der Waals surface area contributed by atoms with E-state index in [1.165, 1.54) is 21.0 Å². The van der Waals surface area contributed by atoms with Crippen LogP contribution in [-0.2, 0) is 21.4 Å². The van der Waals surface area contributed by atoms with Gasteiger partial charge in [-0.3, -0.25) is 9.36 Å². The Bertz CT molecular complexity index is 1370. The average Bonchev–Trinajstić information content (AvgIpc) is 3.59. The summed E-state index contributed by atoms with van der Waals surface area (Å²) in [6.45, 7) is 2.92. The maximum atomic E-state index is 12.8. The highest BCUT2D eigenvalue weighted by molar-refractivity contribution is 7.89. The molecule has 2 aromatic heterocycles. The molecule has 2 aliphatic heterocycles. The predicted molar refractivity (Wildman–Crippen MR) is 127 cm³/mol. The molecule has 1 amide bonds. The number of hydrogen-bond acceptors (Lipinski definition) is 7. The SMILES string of the molecule is O=C(CCn1c(=O)oc2cc(S(=O)(=O)N3CCCC3)ccc21)Nc1cccnc1N1CCCC1. The van der Waals surface area contributed by atoms with Crippen molar-refractivity contribution >= 4 is 38.5 Å². The van der Waals surface area contributed by atoms with Crippen molar-refractivity contribution in [2.45, 2.75) is 43.5 Å². The predicted octanol–water partition coefficient (Wildman–Crippen LogP) is 2.40. The first-order valence-corrected chi connectivity index (χ1v) is 13.0. The van der Waals surface area contributed by atoms with Gasteiger partial charge in [0.1, 0.15) is 0 Å². The molecule has 0 bridgehead atoms. The van der Waals surface area contributed by atoms with E-state index in [4.69, 9.17) is 4.42 Å². The fourth-order valence-corrected chi connectivity index (χ4v) is 6.13. The maximum Gasteiger partial charge on any atom is 0.419 e. The molecular formula is C23H27N5O5S. The minimum atomic E-state index is -3.62. The van der Waals surface area contributed by atoms with Gasteiger partial charge in [0.15, 0.2) is 11.4 Å². The van der Waals surface area contributed by atoms with Gasteiger partial charge in [-0.15, -0.1) is 0 Å². The van der Waals surface area contributed by atoms with Crippen LogP contribution < -0.4 is 16.0 Å². The normalized spacial score (nSPS) is 17.0. The molecule has 5 rings (SSSR count). The first-order valence-electron chi connectivity index (χ1n) is 11.6. The summed E-state index contributed by atoms with van der Waals surface area (Å²) >= 11 is 0. The molecule has 2 aliphatic rings. The molecule has 180 valence electrons. The molecule has 0 unspecified atom stereocenters. The van der Waals surface area contributed by atoms with E-state index < -0.39 is 15.8 Å². The van der Waals surface area contributed by atoms with Gasteiger partial charge in [0.05, 0.1) is 16.1 Å². The molecule has 0 aliphatic carbocycles. The van der Waals surface area contributed by atoms with Crippen molar-refractivity contribution in [1.29, 1.82) is 0 Å². The standard InChI is InChI=1S/C23H27N5O5S/c29-21(25-18-6-5-10-24-22(18)26-11-1-2-12-26)9-15-28-19-8-7-17(16-20(19)33-23(28)30)34(31,32)27-13-3-4-14-27/h5-8,10,16H,1-4,9,11-15H2,(H,25,29). The maximum absolute atomic E-state index is 12.8. The van der Waals surface area contributed by atoms with E-state index in [0.29, 0.717) is 24.3 Å². The van der Waals surface area contributed by atoms with Gasteiger partial charge in [-0.05, 0) is 49.9 Å². The number of rotatable bonds is 7. The first kappa shape index (κ1) is 22.6. The lowest BCUT2D eigenvalue weighted by Crippen LogP contribution is -2.27. The van der Waals surface area contributed by atoms with Crippen LogP contribution in [0.25, 0.3) is 11.1 Å². The molecule has 11 heteroatoms. The zero-order chi connectivity index (χ0) is 23.7. The minimum absolute atomic E-state index is 0.0523. The smallest absolute Gasteiger partial charge is 0.408 e. The molecule has 4 heterocycles. The summed E-state index contributed by atoms with van der Waals surface area (Å²) in [7, 11) is -3.62. The van der Waals surface area contributed by atoms with Crippen molar-refractivity contribution < 1.29 is 17.6 Å². The number of hydrogen-bond donors (Lipinski definition) is 1. The van der Waals surface area contributed by atoms with Crippen molar-refractivity contribution in [2.75, 3.05) is 36.4 Å². The zero-order valence-corrected chi connectivity index (χ0v) is 19.6. The second-order valence-corrected chi connectivity index (χ2v) is 10.6. The monoisotopic (exact) mass is 485 g/mol. The molecule has 10 nitrogen and oxygen atoms in total. The minimum Gasteiger partial charge on any atom is -0.408 e. The molecule has 1 aromatic carbocycles. The van der Waals surface area contributed by atoms with Crippen molar-refractivity contribution in [3.05, 3.63) is 47.1 Å². The van der Waals surface area contributed by atoms with Gasteiger partial charge in [0, 0.05) is 51.4 Å². The number of nitrogens with zero attached hydrogens (tertiary/aromatic N) is 4. The van der Waals surface area contributed by atoms with Crippen LogP contribution in [0.1, 0.15) is 32.1 Å². The van der Waals surface area contributed by atoms with Gasteiger partial charge < -0.3 is 14.6 Å². The van der Waals surface area contributed by atoms with Crippen LogP contribution in [-0.4, -0.2) is 54.4 Å². The van der Waals surface area contributed by atoms with Gasteiger partial charge in [0.25, 0.3) is 0 Å². The molecular weight excluding hydrogens is 458 g/mol. The van der Waals surface area contributed by atoms with Crippen LogP contribution in [0.3, 0.4) is 0 Å². The fraction of sp³-hybridized carbons (Fsp3) is 0.435. The largest absolute Gasteiger partial charge is 0.419 e. The van der Waals surface area contributed by atoms with Crippen LogP contribution in [0.15, 0.2) is 50.6 Å². The Balaban J connectivity index is 1.30. The van der Waals surface area contributed by atoms with Crippen molar-refractivity contribution in [3.8, 4) is 0 Å². The third kappa shape index (κ3) is 4.32. The number of benzene rings is 1. The third-order valence-corrected chi connectivity index (χ3v) is 8.27. The van der Waals surface area contributed by atoms with E-state index in [0.717, 1.165) is 44.6 Å². The number of carbonyl (C=O) groups excluding carboxylic acids is 1. The molecule has 34 heavy (non-hydrogen) atoms. The Morgan fingerprint density at radius 2 is 1.79 bits per heavy atom. The summed E-state index contributed by atoms with van der Waals surface area (Å²) < 4.78 is 33.7. The third-order valence-electron chi connectivity index (χ3n) is 6.37. The number of anilines is 2. The molecule has 0 atom stereocenters. The number of fused-ring (bicyclic) bond motifs is 1. The highest BCUT2D eigenvalue weighted by Gasteiger charge is 2.28. The van der Waals surface area contributed by atoms with Gasteiger partial charge in [-0.25, -0.2) is 18.2 Å². The van der Waals surface area contributed by atoms with Crippen molar-refractivity contribution in [2.24, 2.45) is 0 Å². The number of sulfonamides is 1. The van der Waals surface area contributed by atoms with Crippen molar-refractivity contribution in [1.82, 2.24) is 13.9 Å². The lowest BCUT2D eigenvalue weighted by Gasteiger charge is -2.20. The number of nitrogens with one attached hydrogen (secondary N) is 1. The van der Waals surface area contributed by atoms with Gasteiger partial charge in [-0.1, -0.05) is 0 Å². The average molecular weight is 486 g/mol. The number of aromatic nitrogens is 2. The number of aryl methyl sites for hydroxylation is 1. The number of carbonyl (C=O) groups is 1. The number of oxazole rings is 1. The Morgan fingerprint density at radius 1 is 1.06 bits per heavy atom. The molecule has 3 aromatic rings. The van der Waals surface area contributed by atoms with Crippen LogP contribution in [0.4, 0.5) is 11.5 Å². The Kier molecular flexibility index (Phi) is 6.13. The van der Waals surface area contributed by atoms with E-state index in [1.54, 1.807) is 18.3 Å². The zero-order valence-electron chi connectivity index (χ0n) is 18.8. The highest BCUT2D eigenvalue weighted by atomic mass is 32.2. The van der Waals surface area contributed by atoms with Gasteiger partial charge >= 0.3 is 5.76 Å². The van der Waals surface area contributed by atoms with Crippen LogP contribution in [0.5, 0.6) is 0 Å². The van der Waals surface area contributed by atoms with E-state index in [2.05, 4.69) is 15.2 Å². The van der Waals surface area contributed by atoms with E-state index in [-0.39, 0.29) is 29.4 Å². The summed E-state index contributed by atoms with van der Waals surface area (Å²) in [6.07, 6.45) is 5.64. The molecule has 0 saturated carbocycles. The van der Waals surface area contributed by atoms with E-state index in [9.17, 15) is 18.0 Å². The Morgan fingerprint density at radius 3 is 2.56 bits per heavy atom. The van der Waals surface area contributed by atoms with Gasteiger partial charge in [0.2, 0.25) is 15.9 Å². The number of amides is 1. The highest BCUT2D eigenvalue weighted by Crippen LogP contribution is 2.27. The Hall–Kier alpha value is -3.18. The molecule has 0 spiro atoms. The second kappa shape index (κ2) is 9.22. The van der Waals surface area contributed by atoms with Crippen LogP contribution in [0.2, 0.25) is 0 Å². The van der Waals surface area contributed by atoms with Crippen molar-refractivity contribution in [3.63, 3.8) is 0 Å². The summed E-state index contributed by atoms with van der Waals surface area (Å²) in [5.41, 5.74) is 1.29. The van der Waals surface area contributed by atoms with Crippen LogP contribution >= 0.6 is 0 Å². The molecule has 1 N–H and O–H groups in total. The van der Waals surface area contributed by atoms with Gasteiger partial charge in [-0.2, -0.15) is 4.31 Å². The quantitative estimate of drug-likeness (QED) is 0.546.